The number of amides is 3. The number of hydrogen-bond acceptors (Lipinski definition) is 7. The summed E-state index contributed by atoms with van der Waals surface area (Å²) in [6, 6.07) is 11.1. The summed E-state index contributed by atoms with van der Waals surface area (Å²) in [5, 5.41) is 19.8. The molecule has 0 saturated carbocycles. The average molecular weight is 623 g/mol. The third-order valence-corrected chi connectivity index (χ3v) is 9.02. The van der Waals surface area contributed by atoms with Crippen LogP contribution in [-0.2, 0) is 24.8 Å². The van der Waals surface area contributed by atoms with E-state index in [0.29, 0.717) is 39.8 Å². The van der Waals surface area contributed by atoms with Crippen LogP contribution in [0.5, 0.6) is 0 Å². The molecule has 1 N–H and O–H groups in total. The van der Waals surface area contributed by atoms with Crippen LogP contribution in [0, 0.1) is 0 Å². The number of hydrogen-bond donors (Lipinski definition) is 1. The average Bonchev–Trinajstić information content (AvgIpc) is 3.60. The van der Waals surface area contributed by atoms with Gasteiger partial charge in [0.25, 0.3) is 11.8 Å². The van der Waals surface area contributed by atoms with Crippen LogP contribution in [0.4, 0.5) is 0 Å². The van der Waals surface area contributed by atoms with E-state index in [4.69, 9.17) is 28.3 Å². The SMILES string of the molecule is CNC(=O)[C@@H]1CN(C(C)c2ccc(-c3nnnn3C)cc2)C(=O)c2c3c(nn21)C[C@@H](C)N(C(=O)c1ccc(Cl)c(Cl)c1)C3. The zero-order valence-electron chi connectivity index (χ0n) is 24.0. The highest BCUT2D eigenvalue weighted by molar-refractivity contribution is 6.42. The largest absolute Gasteiger partial charge is 0.357 e. The summed E-state index contributed by atoms with van der Waals surface area (Å²) in [7, 11) is 3.33. The van der Waals surface area contributed by atoms with Crippen LogP contribution in [0.25, 0.3) is 11.4 Å². The monoisotopic (exact) mass is 621 g/mol. The van der Waals surface area contributed by atoms with Gasteiger partial charge in [-0.1, -0.05) is 47.5 Å². The Bertz CT molecular complexity index is 1750. The highest BCUT2D eigenvalue weighted by atomic mass is 35.5. The smallest absolute Gasteiger partial charge is 0.273 e. The zero-order valence-corrected chi connectivity index (χ0v) is 25.5. The van der Waals surface area contributed by atoms with E-state index in [-0.39, 0.29) is 47.9 Å². The minimum atomic E-state index is -0.732. The lowest BCUT2D eigenvalue weighted by Gasteiger charge is -2.38. The van der Waals surface area contributed by atoms with Gasteiger partial charge in [-0.25, -0.2) is 9.36 Å². The summed E-state index contributed by atoms with van der Waals surface area (Å²) >= 11 is 12.3. The number of likely N-dealkylation sites (N-methyl/N-ethyl adjacent to an activating group) is 1. The molecule has 12 nitrogen and oxygen atoms in total. The minimum Gasteiger partial charge on any atom is -0.357 e. The third kappa shape index (κ3) is 4.94. The fraction of sp³-hybridized carbons (Fsp3) is 0.345. The van der Waals surface area contributed by atoms with E-state index in [1.54, 1.807) is 51.5 Å². The van der Waals surface area contributed by atoms with Crippen LogP contribution in [0.3, 0.4) is 0 Å². The molecule has 2 aliphatic heterocycles. The normalized spacial score (nSPS) is 18.7. The molecule has 14 heteroatoms. The van der Waals surface area contributed by atoms with E-state index in [9.17, 15) is 14.4 Å². The Morgan fingerprint density at radius 2 is 1.84 bits per heavy atom. The van der Waals surface area contributed by atoms with Gasteiger partial charge in [0.05, 0.1) is 34.9 Å². The first-order chi connectivity index (χ1) is 20.6. The molecule has 2 aliphatic rings. The quantitative estimate of drug-likeness (QED) is 0.361. The molecule has 0 aliphatic carbocycles. The maximum atomic E-state index is 14.2. The highest BCUT2D eigenvalue weighted by Gasteiger charge is 2.43. The van der Waals surface area contributed by atoms with Gasteiger partial charge in [-0.15, -0.1) is 5.10 Å². The molecule has 3 atom stereocenters. The van der Waals surface area contributed by atoms with Gasteiger partial charge in [0, 0.05) is 43.2 Å². The number of benzene rings is 2. The molecule has 0 bridgehead atoms. The van der Waals surface area contributed by atoms with Crippen LogP contribution < -0.4 is 5.32 Å². The summed E-state index contributed by atoms with van der Waals surface area (Å²) in [6.45, 7) is 4.17. The second kappa shape index (κ2) is 11.1. The van der Waals surface area contributed by atoms with Crippen molar-refractivity contribution in [1.82, 2.24) is 45.1 Å². The maximum Gasteiger partial charge on any atom is 0.273 e. The fourth-order valence-corrected chi connectivity index (χ4v) is 6.12. The van der Waals surface area contributed by atoms with Gasteiger partial charge in [-0.3, -0.25) is 14.4 Å². The van der Waals surface area contributed by atoms with Crippen LogP contribution in [0.15, 0.2) is 42.5 Å². The van der Waals surface area contributed by atoms with E-state index in [1.165, 1.54) is 0 Å². The van der Waals surface area contributed by atoms with Crippen molar-refractivity contribution < 1.29 is 14.4 Å². The lowest BCUT2D eigenvalue weighted by atomic mass is 9.96. The zero-order chi connectivity index (χ0) is 30.6. The van der Waals surface area contributed by atoms with Gasteiger partial charge < -0.3 is 15.1 Å². The lowest BCUT2D eigenvalue weighted by Crippen LogP contribution is -2.49. The predicted octanol–water partition coefficient (Wildman–Crippen LogP) is 3.47. The second-order valence-electron chi connectivity index (χ2n) is 10.8. The van der Waals surface area contributed by atoms with Crippen molar-refractivity contribution in [2.45, 2.75) is 44.9 Å². The maximum absolute atomic E-state index is 14.2. The lowest BCUT2D eigenvalue weighted by molar-refractivity contribution is -0.125. The summed E-state index contributed by atoms with van der Waals surface area (Å²) < 4.78 is 3.13. The number of nitrogens with zero attached hydrogens (tertiary/aromatic N) is 8. The summed E-state index contributed by atoms with van der Waals surface area (Å²) in [4.78, 5) is 44.3. The van der Waals surface area contributed by atoms with Crippen LogP contribution in [0.1, 0.15) is 63.6 Å². The molecule has 4 aromatic rings. The molecule has 4 heterocycles. The summed E-state index contributed by atoms with van der Waals surface area (Å²) in [5.74, 6) is -0.115. The molecule has 0 spiro atoms. The molecule has 1 unspecified atom stereocenters. The molecule has 6 rings (SSSR count). The predicted molar refractivity (Wildman–Crippen MR) is 159 cm³/mol. The second-order valence-corrected chi connectivity index (χ2v) is 11.7. The van der Waals surface area contributed by atoms with Gasteiger partial charge in [-0.05, 0) is 48.0 Å². The molecular weight excluding hydrogens is 593 g/mol. The van der Waals surface area contributed by atoms with Crippen molar-refractivity contribution in [2.24, 2.45) is 7.05 Å². The first-order valence-electron chi connectivity index (χ1n) is 13.8. The van der Waals surface area contributed by atoms with Gasteiger partial charge in [0.1, 0.15) is 11.7 Å². The third-order valence-electron chi connectivity index (χ3n) is 8.28. The number of carbonyl (C=O) groups is 3. The molecule has 3 amide bonds. The summed E-state index contributed by atoms with van der Waals surface area (Å²) in [6.07, 6.45) is 0.435. The Labute approximate surface area is 257 Å². The number of halogens is 2. The number of fused-ring (bicyclic) bond motifs is 3. The van der Waals surface area contributed by atoms with Gasteiger partial charge in [0.15, 0.2) is 5.82 Å². The molecule has 0 fully saturated rings. The topological polar surface area (TPSA) is 131 Å². The van der Waals surface area contributed by atoms with Crippen molar-refractivity contribution >= 4 is 40.9 Å². The number of tetrazole rings is 1. The van der Waals surface area contributed by atoms with E-state index < -0.39 is 6.04 Å². The summed E-state index contributed by atoms with van der Waals surface area (Å²) in [5.41, 5.74) is 3.80. The van der Waals surface area contributed by atoms with Crippen molar-refractivity contribution in [1.29, 1.82) is 0 Å². The molecule has 2 aromatic carbocycles. The standard InChI is InChI=1S/C29H29Cl2N9O3/c1-15-11-23-20(13-38(15)28(42)19-9-10-21(30)22(31)12-19)25-29(43)39(14-24(27(41)32-3)40(25)34-23)16(2)17-5-7-18(8-6-17)26-33-35-36-37(26)4/h5-10,12,15-16,24H,11,13-14H2,1-4H3,(H,32,41)/t15-,16?,24+/m1/s1. The first-order valence-corrected chi connectivity index (χ1v) is 14.6. The van der Waals surface area contributed by atoms with Crippen LogP contribution in [0.2, 0.25) is 10.0 Å². The van der Waals surface area contributed by atoms with E-state index in [0.717, 1.165) is 11.1 Å². The molecule has 222 valence electrons. The number of rotatable bonds is 5. The molecule has 0 saturated heterocycles. The first kappa shape index (κ1) is 28.8. The Balaban J connectivity index is 1.34. The Hall–Kier alpha value is -4.29. The fourth-order valence-electron chi connectivity index (χ4n) is 5.82. The number of nitrogens with one attached hydrogen (secondary N) is 1. The number of aromatic nitrogens is 6. The molecule has 2 aromatic heterocycles. The van der Waals surface area contributed by atoms with Gasteiger partial charge in [-0.2, -0.15) is 5.10 Å². The number of carbonyl (C=O) groups excluding carboxylic acids is 3. The van der Waals surface area contributed by atoms with Crippen molar-refractivity contribution in [3.05, 3.63) is 80.6 Å². The van der Waals surface area contributed by atoms with Gasteiger partial charge >= 0.3 is 0 Å². The molecule has 43 heavy (non-hydrogen) atoms. The molecule has 0 radical (unpaired) electrons. The van der Waals surface area contributed by atoms with Crippen molar-refractivity contribution in [3.63, 3.8) is 0 Å². The minimum absolute atomic E-state index is 0.143. The molecular formula is C29H29Cl2N9O3. The van der Waals surface area contributed by atoms with Crippen LogP contribution >= 0.6 is 23.2 Å². The van der Waals surface area contributed by atoms with Crippen molar-refractivity contribution in [2.75, 3.05) is 13.6 Å². The van der Waals surface area contributed by atoms with E-state index >= 15 is 0 Å². The van der Waals surface area contributed by atoms with E-state index in [2.05, 4.69) is 20.8 Å². The highest BCUT2D eigenvalue weighted by Crippen LogP contribution is 2.36. The Morgan fingerprint density at radius 3 is 2.49 bits per heavy atom. The van der Waals surface area contributed by atoms with Crippen LogP contribution in [-0.4, -0.2) is 77.1 Å². The Kier molecular flexibility index (Phi) is 7.43. The van der Waals surface area contributed by atoms with Gasteiger partial charge in [0.2, 0.25) is 5.91 Å². The number of aryl methyl sites for hydroxylation is 1. The van der Waals surface area contributed by atoms with E-state index in [1.807, 2.05) is 38.1 Å². The Morgan fingerprint density at radius 1 is 1.09 bits per heavy atom. The van der Waals surface area contributed by atoms with Crippen molar-refractivity contribution in [3.8, 4) is 11.4 Å².